The molecule has 0 bridgehead atoms. The summed E-state index contributed by atoms with van der Waals surface area (Å²) in [5.41, 5.74) is 0.453. The van der Waals surface area contributed by atoms with E-state index in [2.05, 4.69) is 36.3 Å². The minimum Gasteiger partial charge on any atom is -0.369 e. The molecule has 0 aromatic carbocycles. The third-order valence-electron chi connectivity index (χ3n) is 4.27. The molecule has 0 spiro atoms. The van der Waals surface area contributed by atoms with Crippen molar-refractivity contribution >= 4 is 11.7 Å². The van der Waals surface area contributed by atoms with E-state index in [0.717, 1.165) is 44.6 Å². The van der Waals surface area contributed by atoms with E-state index >= 15 is 0 Å². The molecule has 0 saturated carbocycles. The molecule has 2 heterocycles. The Morgan fingerprint density at radius 1 is 1.36 bits per heavy atom. The van der Waals surface area contributed by atoms with Gasteiger partial charge in [-0.3, -0.25) is 4.79 Å². The van der Waals surface area contributed by atoms with E-state index in [0.29, 0.717) is 17.7 Å². The lowest BCUT2D eigenvalue weighted by molar-refractivity contribution is 0.0601. The van der Waals surface area contributed by atoms with Crippen molar-refractivity contribution in [3.63, 3.8) is 0 Å². The number of nitrogens with zero attached hydrogens (tertiary/aromatic N) is 3. The van der Waals surface area contributed by atoms with Crippen LogP contribution in [-0.4, -0.2) is 40.1 Å². The van der Waals surface area contributed by atoms with Crippen LogP contribution in [0.15, 0.2) is 12.1 Å². The largest absolute Gasteiger partial charge is 0.369 e. The summed E-state index contributed by atoms with van der Waals surface area (Å²) in [5, 5.41) is 11.5. The Kier molecular flexibility index (Phi) is 6.16. The van der Waals surface area contributed by atoms with Gasteiger partial charge in [-0.15, -0.1) is 10.2 Å². The molecule has 1 fully saturated rings. The monoisotopic (exact) mass is 304 g/mol. The van der Waals surface area contributed by atoms with Gasteiger partial charge in [0.25, 0.3) is 5.91 Å². The van der Waals surface area contributed by atoms with Crippen LogP contribution in [0.2, 0.25) is 0 Å². The minimum absolute atomic E-state index is 0.0211. The van der Waals surface area contributed by atoms with Gasteiger partial charge in [0.05, 0.1) is 0 Å². The number of hydrogen-bond donors (Lipinski definition) is 1. The highest BCUT2D eigenvalue weighted by atomic mass is 16.2. The maximum absolute atomic E-state index is 12.6. The Balaban J connectivity index is 1.95. The van der Waals surface area contributed by atoms with Gasteiger partial charge in [0.1, 0.15) is 5.82 Å². The predicted octanol–water partition coefficient (Wildman–Crippen LogP) is 3.34. The molecule has 0 radical (unpaired) electrons. The predicted molar refractivity (Wildman–Crippen MR) is 88.9 cm³/mol. The van der Waals surface area contributed by atoms with E-state index < -0.39 is 0 Å². The number of carbonyl (C=O) groups excluding carboxylic acids is 1. The van der Waals surface area contributed by atoms with Gasteiger partial charge >= 0.3 is 0 Å². The van der Waals surface area contributed by atoms with Crippen LogP contribution in [-0.2, 0) is 0 Å². The van der Waals surface area contributed by atoms with Crippen molar-refractivity contribution < 1.29 is 4.79 Å². The number of hydrogen-bond acceptors (Lipinski definition) is 4. The van der Waals surface area contributed by atoms with Gasteiger partial charge in [0.2, 0.25) is 0 Å². The molecule has 1 aromatic rings. The first-order valence-corrected chi connectivity index (χ1v) is 8.50. The first kappa shape index (κ1) is 16.7. The standard InChI is InChI=1S/C17H28N4O/c1-4-14-7-5-6-12-21(14)17(22)15-8-9-16(20-19-15)18-11-10-13(2)3/h8-9,13-14H,4-7,10-12H2,1-3H3,(H,18,20). The van der Waals surface area contributed by atoms with Crippen LogP contribution >= 0.6 is 0 Å². The molecule has 1 saturated heterocycles. The summed E-state index contributed by atoms with van der Waals surface area (Å²) in [6.45, 7) is 8.25. The average molecular weight is 304 g/mol. The van der Waals surface area contributed by atoms with Crippen LogP contribution in [0.4, 0.5) is 5.82 Å². The van der Waals surface area contributed by atoms with Gasteiger partial charge in [-0.1, -0.05) is 20.8 Å². The fourth-order valence-corrected chi connectivity index (χ4v) is 2.87. The molecule has 1 unspecified atom stereocenters. The SMILES string of the molecule is CCC1CCCCN1C(=O)c1ccc(NCCC(C)C)nn1. The molecule has 1 aromatic heterocycles. The topological polar surface area (TPSA) is 58.1 Å². The highest BCUT2D eigenvalue weighted by Gasteiger charge is 2.27. The van der Waals surface area contributed by atoms with Crippen molar-refractivity contribution in [2.45, 2.75) is 58.9 Å². The second-order valence-electron chi connectivity index (χ2n) is 6.47. The number of anilines is 1. The zero-order valence-corrected chi connectivity index (χ0v) is 14.0. The lowest BCUT2D eigenvalue weighted by Gasteiger charge is -2.34. The van der Waals surface area contributed by atoms with Crippen molar-refractivity contribution in [1.82, 2.24) is 15.1 Å². The van der Waals surface area contributed by atoms with E-state index in [1.807, 2.05) is 11.0 Å². The van der Waals surface area contributed by atoms with Crippen molar-refractivity contribution in [3.8, 4) is 0 Å². The van der Waals surface area contributed by atoms with Gasteiger partial charge in [-0.05, 0) is 50.2 Å². The fraction of sp³-hybridized carbons (Fsp3) is 0.706. The number of likely N-dealkylation sites (tertiary alicyclic amines) is 1. The van der Waals surface area contributed by atoms with Crippen LogP contribution in [0.25, 0.3) is 0 Å². The van der Waals surface area contributed by atoms with Gasteiger partial charge in [-0.2, -0.15) is 0 Å². The maximum Gasteiger partial charge on any atom is 0.274 e. The Morgan fingerprint density at radius 2 is 2.18 bits per heavy atom. The van der Waals surface area contributed by atoms with Crippen LogP contribution < -0.4 is 5.32 Å². The first-order valence-electron chi connectivity index (χ1n) is 8.50. The van der Waals surface area contributed by atoms with Gasteiger partial charge < -0.3 is 10.2 Å². The Hall–Kier alpha value is -1.65. The van der Waals surface area contributed by atoms with Gasteiger partial charge in [-0.25, -0.2) is 0 Å². The molecule has 2 rings (SSSR count). The molecule has 1 N–H and O–H groups in total. The number of aromatic nitrogens is 2. The number of amides is 1. The molecule has 0 aliphatic carbocycles. The quantitative estimate of drug-likeness (QED) is 0.875. The second-order valence-corrected chi connectivity index (χ2v) is 6.47. The summed E-state index contributed by atoms with van der Waals surface area (Å²) in [7, 11) is 0. The van der Waals surface area contributed by atoms with E-state index in [1.54, 1.807) is 6.07 Å². The average Bonchev–Trinajstić information content (AvgIpc) is 2.54. The third-order valence-corrected chi connectivity index (χ3v) is 4.27. The molecule has 5 heteroatoms. The normalized spacial score (nSPS) is 18.5. The van der Waals surface area contributed by atoms with Crippen LogP contribution in [0.5, 0.6) is 0 Å². The number of piperidine rings is 1. The van der Waals surface area contributed by atoms with Crippen molar-refractivity contribution in [3.05, 3.63) is 17.8 Å². The molecular weight excluding hydrogens is 276 g/mol. The molecule has 5 nitrogen and oxygen atoms in total. The summed E-state index contributed by atoms with van der Waals surface area (Å²) in [4.78, 5) is 14.6. The summed E-state index contributed by atoms with van der Waals surface area (Å²) >= 11 is 0. The molecule has 22 heavy (non-hydrogen) atoms. The zero-order valence-electron chi connectivity index (χ0n) is 14.0. The Morgan fingerprint density at radius 3 is 2.82 bits per heavy atom. The minimum atomic E-state index is 0.0211. The van der Waals surface area contributed by atoms with E-state index in [-0.39, 0.29) is 5.91 Å². The number of carbonyl (C=O) groups is 1. The molecule has 122 valence electrons. The molecule has 1 atom stereocenters. The summed E-state index contributed by atoms with van der Waals surface area (Å²) in [5.74, 6) is 1.42. The lowest BCUT2D eigenvalue weighted by Crippen LogP contribution is -2.43. The number of nitrogens with one attached hydrogen (secondary N) is 1. The highest BCUT2D eigenvalue weighted by molar-refractivity contribution is 5.92. The third kappa shape index (κ3) is 4.42. The molecule has 1 aliphatic rings. The zero-order chi connectivity index (χ0) is 15.9. The van der Waals surface area contributed by atoms with E-state index in [1.165, 1.54) is 6.42 Å². The van der Waals surface area contributed by atoms with Crippen molar-refractivity contribution in [2.75, 3.05) is 18.4 Å². The van der Waals surface area contributed by atoms with Crippen LogP contribution in [0, 0.1) is 5.92 Å². The molecule has 1 aliphatic heterocycles. The molecular formula is C17H28N4O. The molecule has 1 amide bonds. The van der Waals surface area contributed by atoms with Crippen molar-refractivity contribution in [2.24, 2.45) is 5.92 Å². The van der Waals surface area contributed by atoms with E-state index in [9.17, 15) is 4.79 Å². The smallest absolute Gasteiger partial charge is 0.274 e. The van der Waals surface area contributed by atoms with E-state index in [4.69, 9.17) is 0 Å². The first-order chi connectivity index (χ1) is 10.6. The van der Waals surface area contributed by atoms with Gasteiger partial charge in [0, 0.05) is 19.1 Å². The van der Waals surface area contributed by atoms with Crippen LogP contribution in [0.1, 0.15) is 63.4 Å². The lowest BCUT2D eigenvalue weighted by atomic mass is 9.99. The Bertz CT molecular complexity index is 472. The number of rotatable bonds is 6. The van der Waals surface area contributed by atoms with Gasteiger partial charge in [0.15, 0.2) is 5.69 Å². The highest BCUT2D eigenvalue weighted by Crippen LogP contribution is 2.21. The maximum atomic E-state index is 12.6. The fourth-order valence-electron chi connectivity index (χ4n) is 2.87. The summed E-state index contributed by atoms with van der Waals surface area (Å²) in [6.07, 6.45) is 5.50. The van der Waals surface area contributed by atoms with Crippen LogP contribution in [0.3, 0.4) is 0 Å². The van der Waals surface area contributed by atoms with Crippen molar-refractivity contribution in [1.29, 1.82) is 0 Å². The second kappa shape index (κ2) is 8.11. The Labute approximate surface area is 133 Å². The summed E-state index contributed by atoms with van der Waals surface area (Å²) in [6, 6.07) is 3.99. The summed E-state index contributed by atoms with van der Waals surface area (Å²) < 4.78 is 0.